The second-order valence-corrected chi connectivity index (χ2v) is 6.98. The predicted octanol–water partition coefficient (Wildman–Crippen LogP) is 2.80. The standard InChI is InChI=1S/C16H27N3O3/c1-12(17-10-14-7-8-18-22-14)13-6-5-9-19(11-13)15(20)21-16(2,3)4/h7-8,12-13,17H,5-6,9-11H2,1-4H3. The Balaban J connectivity index is 1.82. The first-order valence-corrected chi connectivity index (χ1v) is 7.96. The van der Waals surface area contributed by atoms with E-state index in [0.717, 1.165) is 31.7 Å². The molecule has 6 nitrogen and oxygen atoms in total. The van der Waals surface area contributed by atoms with Gasteiger partial charge >= 0.3 is 6.09 Å². The van der Waals surface area contributed by atoms with Crippen LogP contribution < -0.4 is 5.32 Å². The monoisotopic (exact) mass is 309 g/mol. The first-order chi connectivity index (χ1) is 10.3. The number of nitrogens with zero attached hydrogens (tertiary/aromatic N) is 2. The van der Waals surface area contributed by atoms with Crippen molar-refractivity contribution in [1.29, 1.82) is 0 Å². The molecule has 0 bridgehead atoms. The van der Waals surface area contributed by atoms with Crippen LogP contribution in [0.15, 0.2) is 16.8 Å². The number of carbonyl (C=O) groups excluding carboxylic acids is 1. The van der Waals surface area contributed by atoms with Crippen LogP contribution in [-0.2, 0) is 11.3 Å². The Morgan fingerprint density at radius 3 is 3.00 bits per heavy atom. The average Bonchev–Trinajstić information content (AvgIpc) is 2.96. The molecule has 22 heavy (non-hydrogen) atoms. The highest BCUT2D eigenvalue weighted by atomic mass is 16.6. The zero-order valence-corrected chi connectivity index (χ0v) is 14.0. The van der Waals surface area contributed by atoms with Gasteiger partial charge in [0.05, 0.1) is 12.7 Å². The third kappa shape index (κ3) is 5.02. The van der Waals surface area contributed by atoms with E-state index in [1.54, 1.807) is 6.20 Å². The van der Waals surface area contributed by atoms with Crippen LogP contribution in [0, 0.1) is 5.92 Å². The number of likely N-dealkylation sites (tertiary alicyclic amines) is 1. The SMILES string of the molecule is CC(NCc1ccno1)C1CCCN(C(=O)OC(C)(C)C)C1. The highest BCUT2D eigenvalue weighted by molar-refractivity contribution is 5.68. The van der Waals surface area contributed by atoms with E-state index in [9.17, 15) is 4.79 Å². The van der Waals surface area contributed by atoms with Crippen LogP contribution in [0.3, 0.4) is 0 Å². The van der Waals surface area contributed by atoms with E-state index in [-0.39, 0.29) is 6.09 Å². The van der Waals surface area contributed by atoms with Crippen molar-refractivity contribution < 1.29 is 14.1 Å². The Kier molecular flexibility index (Phi) is 5.45. The Morgan fingerprint density at radius 2 is 2.36 bits per heavy atom. The van der Waals surface area contributed by atoms with Crippen LogP contribution >= 0.6 is 0 Å². The lowest BCUT2D eigenvalue weighted by atomic mass is 9.92. The number of amides is 1. The summed E-state index contributed by atoms with van der Waals surface area (Å²) in [5.74, 6) is 1.25. The molecule has 1 aliphatic rings. The third-order valence-corrected chi connectivity index (χ3v) is 3.91. The molecule has 2 atom stereocenters. The van der Waals surface area contributed by atoms with Crippen molar-refractivity contribution in [2.45, 2.75) is 58.7 Å². The van der Waals surface area contributed by atoms with Gasteiger partial charge in [0.2, 0.25) is 0 Å². The number of hydrogen-bond acceptors (Lipinski definition) is 5. The fraction of sp³-hybridized carbons (Fsp3) is 0.750. The summed E-state index contributed by atoms with van der Waals surface area (Å²) < 4.78 is 10.6. The zero-order valence-electron chi connectivity index (χ0n) is 14.0. The molecule has 0 saturated carbocycles. The second kappa shape index (κ2) is 7.13. The molecular weight excluding hydrogens is 282 g/mol. The molecule has 1 aromatic rings. The minimum absolute atomic E-state index is 0.209. The summed E-state index contributed by atoms with van der Waals surface area (Å²) in [6, 6.07) is 2.16. The van der Waals surface area contributed by atoms with Gasteiger partial charge in [-0.25, -0.2) is 4.79 Å². The molecule has 0 spiro atoms. The first kappa shape index (κ1) is 16.8. The minimum Gasteiger partial charge on any atom is -0.444 e. The highest BCUT2D eigenvalue weighted by Crippen LogP contribution is 2.22. The molecule has 2 unspecified atom stereocenters. The normalized spacial score (nSPS) is 20.7. The molecule has 1 amide bonds. The number of rotatable bonds is 4. The van der Waals surface area contributed by atoms with Crippen LogP contribution in [0.4, 0.5) is 4.79 Å². The summed E-state index contributed by atoms with van der Waals surface area (Å²) >= 11 is 0. The quantitative estimate of drug-likeness (QED) is 0.926. The third-order valence-electron chi connectivity index (χ3n) is 3.91. The number of hydrogen-bond donors (Lipinski definition) is 1. The number of carbonyl (C=O) groups is 1. The molecule has 1 fully saturated rings. The van der Waals surface area contributed by atoms with Crippen molar-refractivity contribution in [2.75, 3.05) is 13.1 Å². The number of aromatic nitrogens is 1. The van der Waals surface area contributed by atoms with Gasteiger partial charge in [0.15, 0.2) is 0 Å². The van der Waals surface area contributed by atoms with E-state index < -0.39 is 5.60 Å². The highest BCUT2D eigenvalue weighted by Gasteiger charge is 2.30. The van der Waals surface area contributed by atoms with Gasteiger partial charge in [-0.05, 0) is 46.5 Å². The van der Waals surface area contributed by atoms with Crippen LogP contribution in [0.25, 0.3) is 0 Å². The summed E-state index contributed by atoms with van der Waals surface area (Å²) in [6.45, 7) is 10.0. The lowest BCUT2D eigenvalue weighted by Gasteiger charge is -2.36. The first-order valence-electron chi connectivity index (χ1n) is 7.96. The molecule has 1 aromatic heterocycles. The van der Waals surface area contributed by atoms with Crippen molar-refractivity contribution in [2.24, 2.45) is 5.92 Å². The maximum atomic E-state index is 12.2. The molecule has 0 aliphatic carbocycles. The van der Waals surface area contributed by atoms with Crippen LogP contribution in [0.1, 0.15) is 46.3 Å². The summed E-state index contributed by atoms with van der Waals surface area (Å²) in [5, 5.41) is 7.15. The second-order valence-electron chi connectivity index (χ2n) is 6.98. The van der Waals surface area contributed by atoms with Gasteiger partial charge in [-0.3, -0.25) is 0 Å². The van der Waals surface area contributed by atoms with Gasteiger partial charge in [0.25, 0.3) is 0 Å². The van der Waals surface area contributed by atoms with E-state index in [1.807, 2.05) is 31.7 Å². The molecule has 1 N–H and O–H groups in total. The minimum atomic E-state index is -0.444. The number of piperidine rings is 1. The van der Waals surface area contributed by atoms with Crippen molar-refractivity contribution in [3.8, 4) is 0 Å². The van der Waals surface area contributed by atoms with Gasteiger partial charge in [-0.1, -0.05) is 5.16 Å². The molecular formula is C16H27N3O3. The summed E-state index contributed by atoms with van der Waals surface area (Å²) in [7, 11) is 0. The maximum absolute atomic E-state index is 12.2. The van der Waals surface area contributed by atoms with E-state index in [2.05, 4.69) is 17.4 Å². The van der Waals surface area contributed by atoms with Gasteiger partial charge in [-0.15, -0.1) is 0 Å². The molecule has 1 saturated heterocycles. The van der Waals surface area contributed by atoms with Gasteiger partial charge in [0, 0.05) is 25.2 Å². The fourth-order valence-electron chi connectivity index (χ4n) is 2.67. The van der Waals surface area contributed by atoms with E-state index in [0.29, 0.717) is 18.5 Å². The number of ether oxygens (including phenoxy) is 1. The summed E-state index contributed by atoms with van der Waals surface area (Å²) in [4.78, 5) is 14.0. The Morgan fingerprint density at radius 1 is 1.59 bits per heavy atom. The maximum Gasteiger partial charge on any atom is 0.410 e. The zero-order chi connectivity index (χ0) is 16.2. The topological polar surface area (TPSA) is 67.6 Å². The van der Waals surface area contributed by atoms with Gasteiger partial charge in [0.1, 0.15) is 11.4 Å². The molecule has 6 heteroatoms. The fourth-order valence-corrected chi connectivity index (χ4v) is 2.67. The van der Waals surface area contributed by atoms with E-state index >= 15 is 0 Å². The molecule has 0 radical (unpaired) electrons. The van der Waals surface area contributed by atoms with Crippen molar-refractivity contribution >= 4 is 6.09 Å². The number of nitrogens with one attached hydrogen (secondary N) is 1. The van der Waals surface area contributed by atoms with Gasteiger partial charge in [-0.2, -0.15) is 0 Å². The molecule has 0 aromatic carbocycles. The van der Waals surface area contributed by atoms with Crippen LogP contribution in [-0.4, -0.2) is 40.9 Å². The Hall–Kier alpha value is -1.56. The Bertz CT molecular complexity index is 467. The molecule has 1 aliphatic heterocycles. The van der Waals surface area contributed by atoms with E-state index in [4.69, 9.17) is 9.26 Å². The van der Waals surface area contributed by atoms with Crippen molar-refractivity contribution in [3.63, 3.8) is 0 Å². The lowest BCUT2D eigenvalue weighted by Crippen LogP contribution is -2.47. The molecule has 2 heterocycles. The van der Waals surface area contributed by atoms with Crippen molar-refractivity contribution in [1.82, 2.24) is 15.4 Å². The molecule has 2 rings (SSSR count). The summed E-state index contributed by atoms with van der Waals surface area (Å²) in [6.07, 6.45) is 3.56. The van der Waals surface area contributed by atoms with Crippen molar-refractivity contribution in [3.05, 3.63) is 18.0 Å². The lowest BCUT2D eigenvalue weighted by molar-refractivity contribution is 0.0147. The largest absolute Gasteiger partial charge is 0.444 e. The summed E-state index contributed by atoms with van der Waals surface area (Å²) in [5.41, 5.74) is -0.444. The predicted molar refractivity (Wildman–Crippen MR) is 83.3 cm³/mol. The molecule has 124 valence electrons. The van der Waals surface area contributed by atoms with E-state index in [1.165, 1.54) is 0 Å². The smallest absolute Gasteiger partial charge is 0.410 e. The Labute approximate surface area is 132 Å². The van der Waals surface area contributed by atoms with Gasteiger partial charge < -0.3 is 19.5 Å². The van der Waals surface area contributed by atoms with Crippen LogP contribution in [0.5, 0.6) is 0 Å². The average molecular weight is 309 g/mol. The van der Waals surface area contributed by atoms with Crippen LogP contribution in [0.2, 0.25) is 0 Å².